The number of aromatic nitrogens is 1. The molecule has 2 aromatic carbocycles. The van der Waals surface area contributed by atoms with Crippen LogP contribution in [0.15, 0.2) is 48.7 Å². The average Bonchev–Trinajstić information content (AvgIpc) is 3.18. The van der Waals surface area contributed by atoms with E-state index >= 15 is 0 Å². The number of pyridine rings is 1. The summed E-state index contributed by atoms with van der Waals surface area (Å²) in [6, 6.07) is 13.0. The first kappa shape index (κ1) is 21.4. The number of hydrogen-bond acceptors (Lipinski definition) is 6. The van der Waals surface area contributed by atoms with E-state index in [9.17, 15) is 9.59 Å². The molecule has 0 unspecified atom stereocenters. The molecule has 0 bridgehead atoms. The summed E-state index contributed by atoms with van der Waals surface area (Å²) in [6.07, 6.45) is 1.79. The number of carbonyl (C=O) groups excluding carboxylic acids is 2. The molecule has 0 radical (unpaired) electrons. The van der Waals surface area contributed by atoms with Gasteiger partial charge in [0, 0.05) is 31.0 Å². The smallest absolute Gasteiger partial charge is 0.229 e. The van der Waals surface area contributed by atoms with Crippen LogP contribution >= 0.6 is 0 Å². The summed E-state index contributed by atoms with van der Waals surface area (Å²) in [4.78, 5) is 31.4. The molecule has 1 fully saturated rings. The van der Waals surface area contributed by atoms with Crippen LogP contribution in [-0.2, 0) is 16.1 Å². The lowest BCUT2D eigenvalue weighted by molar-refractivity contribution is -0.128. The molecule has 0 saturated carbocycles. The van der Waals surface area contributed by atoms with Crippen molar-refractivity contribution in [2.24, 2.45) is 5.92 Å². The Balaban J connectivity index is 1.41. The van der Waals surface area contributed by atoms with E-state index in [0.717, 1.165) is 22.2 Å². The summed E-state index contributed by atoms with van der Waals surface area (Å²) in [5, 5.41) is 3.78. The highest BCUT2D eigenvalue weighted by molar-refractivity contribution is 5.98. The van der Waals surface area contributed by atoms with Crippen molar-refractivity contribution in [3.8, 4) is 17.2 Å². The number of carbonyl (C=O) groups is 2. The van der Waals surface area contributed by atoms with Gasteiger partial charge in [-0.3, -0.25) is 14.6 Å². The SMILES string of the molecule is COc1ccc2cc(NC(=O)[C@@H]3CC(=O)N(Cc4ccc(OC)c(OC)c4)C3)cnc2c1. The minimum atomic E-state index is -0.422. The van der Waals surface area contributed by atoms with Gasteiger partial charge >= 0.3 is 0 Å². The van der Waals surface area contributed by atoms with E-state index < -0.39 is 5.92 Å². The normalized spacial score (nSPS) is 15.7. The Morgan fingerprint density at radius 2 is 1.88 bits per heavy atom. The van der Waals surface area contributed by atoms with Crippen LogP contribution < -0.4 is 19.5 Å². The number of methoxy groups -OCH3 is 3. The molecule has 1 aromatic heterocycles. The number of likely N-dealkylation sites (tertiary alicyclic amines) is 1. The van der Waals surface area contributed by atoms with E-state index in [1.54, 1.807) is 38.5 Å². The molecule has 8 heteroatoms. The molecule has 2 amide bonds. The Morgan fingerprint density at radius 3 is 2.62 bits per heavy atom. The molecule has 1 N–H and O–H groups in total. The summed E-state index contributed by atoms with van der Waals surface area (Å²) in [5.41, 5.74) is 2.28. The van der Waals surface area contributed by atoms with Crippen LogP contribution in [0.1, 0.15) is 12.0 Å². The summed E-state index contributed by atoms with van der Waals surface area (Å²) >= 11 is 0. The van der Waals surface area contributed by atoms with Gasteiger partial charge in [0.25, 0.3) is 0 Å². The van der Waals surface area contributed by atoms with E-state index in [4.69, 9.17) is 14.2 Å². The molecule has 2 heterocycles. The fraction of sp³-hybridized carbons (Fsp3) is 0.292. The highest BCUT2D eigenvalue weighted by Crippen LogP contribution is 2.29. The van der Waals surface area contributed by atoms with Gasteiger partial charge in [-0.05, 0) is 35.9 Å². The van der Waals surface area contributed by atoms with Crippen LogP contribution in [0.3, 0.4) is 0 Å². The van der Waals surface area contributed by atoms with Crippen molar-refractivity contribution in [2.45, 2.75) is 13.0 Å². The van der Waals surface area contributed by atoms with Gasteiger partial charge in [-0.1, -0.05) is 6.07 Å². The van der Waals surface area contributed by atoms with Gasteiger partial charge in [0.1, 0.15) is 5.75 Å². The third kappa shape index (κ3) is 4.44. The van der Waals surface area contributed by atoms with Crippen molar-refractivity contribution in [3.05, 3.63) is 54.2 Å². The van der Waals surface area contributed by atoms with Crippen LogP contribution in [0.4, 0.5) is 5.69 Å². The molecule has 3 aromatic rings. The van der Waals surface area contributed by atoms with Crippen molar-refractivity contribution in [3.63, 3.8) is 0 Å². The minimum absolute atomic E-state index is 0.0522. The molecular formula is C24H25N3O5. The van der Waals surface area contributed by atoms with Gasteiger partial charge < -0.3 is 24.4 Å². The topological polar surface area (TPSA) is 90.0 Å². The average molecular weight is 435 g/mol. The molecule has 8 nitrogen and oxygen atoms in total. The highest BCUT2D eigenvalue weighted by Gasteiger charge is 2.34. The Kier molecular flexibility index (Phi) is 6.11. The lowest BCUT2D eigenvalue weighted by atomic mass is 10.1. The Morgan fingerprint density at radius 1 is 1.06 bits per heavy atom. The van der Waals surface area contributed by atoms with E-state index in [-0.39, 0.29) is 18.2 Å². The highest BCUT2D eigenvalue weighted by atomic mass is 16.5. The fourth-order valence-electron chi connectivity index (χ4n) is 3.84. The van der Waals surface area contributed by atoms with E-state index in [2.05, 4.69) is 10.3 Å². The number of benzene rings is 2. The quantitative estimate of drug-likeness (QED) is 0.613. The van der Waals surface area contributed by atoms with Crippen molar-refractivity contribution >= 4 is 28.4 Å². The number of rotatable bonds is 7. The Labute approximate surface area is 186 Å². The van der Waals surface area contributed by atoms with E-state index in [1.807, 2.05) is 36.4 Å². The zero-order chi connectivity index (χ0) is 22.7. The summed E-state index contributed by atoms with van der Waals surface area (Å²) in [6.45, 7) is 0.763. The molecule has 1 atom stereocenters. The molecular weight excluding hydrogens is 410 g/mol. The van der Waals surface area contributed by atoms with E-state index in [1.165, 1.54) is 0 Å². The zero-order valence-electron chi connectivity index (χ0n) is 18.3. The zero-order valence-corrected chi connectivity index (χ0v) is 18.3. The molecule has 0 aliphatic carbocycles. The third-order valence-corrected chi connectivity index (χ3v) is 5.57. The molecule has 32 heavy (non-hydrogen) atoms. The number of ether oxygens (including phenoxy) is 3. The predicted molar refractivity (Wildman–Crippen MR) is 120 cm³/mol. The molecule has 1 saturated heterocycles. The second-order valence-electron chi connectivity index (χ2n) is 7.64. The Hall–Kier alpha value is -3.81. The maximum Gasteiger partial charge on any atom is 0.229 e. The minimum Gasteiger partial charge on any atom is -0.497 e. The number of nitrogens with zero attached hydrogens (tertiary/aromatic N) is 2. The van der Waals surface area contributed by atoms with Gasteiger partial charge in [-0.25, -0.2) is 0 Å². The van der Waals surface area contributed by atoms with Gasteiger partial charge in [0.05, 0.1) is 44.6 Å². The van der Waals surface area contributed by atoms with Crippen molar-refractivity contribution in [1.82, 2.24) is 9.88 Å². The second-order valence-corrected chi connectivity index (χ2v) is 7.64. The largest absolute Gasteiger partial charge is 0.497 e. The molecule has 0 spiro atoms. The molecule has 1 aliphatic heterocycles. The lowest BCUT2D eigenvalue weighted by Crippen LogP contribution is -2.28. The first-order valence-electron chi connectivity index (χ1n) is 10.2. The Bertz CT molecular complexity index is 1160. The van der Waals surface area contributed by atoms with Gasteiger partial charge in [0.15, 0.2) is 11.5 Å². The first-order valence-corrected chi connectivity index (χ1v) is 10.2. The molecule has 1 aliphatic rings. The number of nitrogens with one attached hydrogen (secondary N) is 1. The maximum absolute atomic E-state index is 12.8. The van der Waals surface area contributed by atoms with Crippen LogP contribution in [0, 0.1) is 5.92 Å². The van der Waals surface area contributed by atoms with Crippen LogP contribution in [0.5, 0.6) is 17.2 Å². The summed E-state index contributed by atoms with van der Waals surface area (Å²) < 4.78 is 15.8. The number of fused-ring (bicyclic) bond motifs is 1. The second kappa shape index (κ2) is 9.13. The van der Waals surface area contributed by atoms with E-state index in [0.29, 0.717) is 30.3 Å². The van der Waals surface area contributed by atoms with Gasteiger partial charge in [-0.2, -0.15) is 0 Å². The molecule has 4 rings (SSSR count). The fourth-order valence-corrected chi connectivity index (χ4v) is 3.84. The van der Waals surface area contributed by atoms with Crippen molar-refractivity contribution in [1.29, 1.82) is 0 Å². The number of hydrogen-bond donors (Lipinski definition) is 1. The summed E-state index contributed by atoms with van der Waals surface area (Å²) in [5.74, 6) is 1.29. The number of anilines is 1. The maximum atomic E-state index is 12.8. The van der Waals surface area contributed by atoms with Crippen molar-refractivity contribution in [2.75, 3.05) is 33.2 Å². The lowest BCUT2D eigenvalue weighted by Gasteiger charge is -2.18. The van der Waals surface area contributed by atoms with Gasteiger partial charge in [-0.15, -0.1) is 0 Å². The monoisotopic (exact) mass is 435 g/mol. The first-order chi connectivity index (χ1) is 15.5. The van der Waals surface area contributed by atoms with Crippen molar-refractivity contribution < 1.29 is 23.8 Å². The van der Waals surface area contributed by atoms with Crippen LogP contribution in [0.25, 0.3) is 10.9 Å². The van der Waals surface area contributed by atoms with Crippen LogP contribution in [-0.4, -0.2) is 49.6 Å². The molecule has 166 valence electrons. The standard InChI is InChI=1S/C24H25N3O5/c1-30-19-6-5-16-9-18(12-25-20(16)11-19)26-24(29)17-10-23(28)27(14-17)13-15-4-7-21(31-2)22(8-15)32-3/h4-9,11-12,17H,10,13-14H2,1-3H3,(H,26,29)/t17-/m1/s1. The number of amides is 2. The van der Waals surface area contributed by atoms with Gasteiger partial charge in [0.2, 0.25) is 11.8 Å². The summed E-state index contributed by atoms with van der Waals surface area (Å²) in [7, 11) is 4.75. The third-order valence-electron chi connectivity index (χ3n) is 5.57. The van der Waals surface area contributed by atoms with Crippen LogP contribution in [0.2, 0.25) is 0 Å². The predicted octanol–water partition coefficient (Wildman–Crippen LogP) is 3.25.